The van der Waals surface area contributed by atoms with Gasteiger partial charge in [0.1, 0.15) is 5.69 Å². The van der Waals surface area contributed by atoms with E-state index < -0.39 is 0 Å². The van der Waals surface area contributed by atoms with Crippen molar-refractivity contribution in [2.75, 3.05) is 6.54 Å². The summed E-state index contributed by atoms with van der Waals surface area (Å²) in [6, 6.07) is 20.6. The Labute approximate surface area is 153 Å². The van der Waals surface area contributed by atoms with Gasteiger partial charge in [0.05, 0.1) is 0 Å². The van der Waals surface area contributed by atoms with Crippen LogP contribution in [0.1, 0.15) is 51.6 Å². The third-order valence-electron chi connectivity index (χ3n) is 5.10. The zero-order chi connectivity index (χ0) is 17.8. The molecule has 26 heavy (non-hydrogen) atoms. The number of H-pyrrole nitrogens is 1. The molecule has 0 aliphatic heterocycles. The van der Waals surface area contributed by atoms with E-state index in [1.54, 1.807) is 0 Å². The van der Waals surface area contributed by atoms with Gasteiger partial charge >= 0.3 is 0 Å². The maximum absolute atomic E-state index is 12.5. The van der Waals surface area contributed by atoms with E-state index in [1.807, 2.05) is 24.3 Å². The van der Waals surface area contributed by atoms with Crippen LogP contribution >= 0.6 is 0 Å². The van der Waals surface area contributed by atoms with E-state index in [-0.39, 0.29) is 5.91 Å². The SMILES string of the molecule is O=C(NCC1CCCc2ccccc21)c1cc(Cc2ccccc2)[nH]n1. The quantitative estimate of drug-likeness (QED) is 0.738. The Morgan fingerprint density at radius 1 is 1.12 bits per heavy atom. The molecule has 3 aromatic rings. The van der Waals surface area contributed by atoms with Gasteiger partial charge in [-0.3, -0.25) is 9.89 Å². The molecule has 1 aliphatic rings. The average Bonchev–Trinajstić information content (AvgIpc) is 3.15. The molecule has 0 saturated carbocycles. The lowest BCUT2D eigenvalue weighted by atomic mass is 9.83. The number of fused-ring (bicyclic) bond motifs is 1. The fraction of sp³-hybridized carbons (Fsp3) is 0.273. The number of rotatable bonds is 5. The molecular weight excluding hydrogens is 322 g/mol. The van der Waals surface area contributed by atoms with Gasteiger partial charge in [-0.15, -0.1) is 0 Å². The lowest BCUT2D eigenvalue weighted by Crippen LogP contribution is -2.30. The van der Waals surface area contributed by atoms with Gasteiger partial charge in [0, 0.05) is 24.6 Å². The normalized spacial score (nSPS) is 16.1. The Bertz CT molecular complexity index is 885. The number of aryl methyl sites for hydroxylation is 1. The Morgan fingerprint density at radius 2 is 1.92 bits per heavy atom. The summed E-state index contributed by atoms with van der Waals surface area (Å²) < 4.78 is 0. The minimum absolute atomic E-state index is 0.108. The summed E-state index contributed by atoms with van der Waals surface area (Å²) in [6.45, 7) is 0.663. The van der Waals surface area contributed by atoms with E-state index in [4.69, 9.17) is 0 Å². The first-order valence-corrected chi connectivity index (χ1v) is 9.24. The number of nitrogens with zero attached hydrogens (tertiary/aromatic N) is 1. The molecule has 0 spiro atoms. The van der Waals surface area contributed by atoms with E-state index in [0.717, 1.165) is 25.0 Å². The van der Waals surface area contributed by atoms with Crippen LogP contribution in [0.4, 0.5) is 0 Å². The Morgan fingerprint density at radius 3 is 2.81 bits per heavy atom. The maximum atomic E-state index is 12.5. The smallest absolute Gasteiger partial charge is 0.271 e. The summed E-state index contributed by atoms with van der Waals surface area (Å²) in [7, 11) is 0. The standard InChI is InChI=1S/C22H23N3O/c26-22(21-14-19(24-25-21)13-16-7-2-1-3-8-16)23-15-18-11-6-10-17-9-4-5-12-20(17)18/h1-5,7-9,12,14,18H,6,10-11,13,15H2,(H,23,26)(H,24,25). The Hall–Kier alpha value is -2.88. The zero-order valence-corrected chi connectivity index (χ0v) is 14.7. The summed E-state index contributed by atoms with van der Waals surface area (Å²) in [5, 5.41) is 10.2. The molecule has 1 amide bonds. The lowest BCUT2D eigenvalue weighted by molar-refractivity contribution is 0.0945. The summed E-state index contributed by atoms with van der Waals surface area (Å²) >= 11 is 0. The van der Waals surface area contributed by atoms with Crippen LogP contribution in [-0.4, -0.2) is 22.6 Å². The number of amides is 1. The van der Waals surface area contributed by atoms with Crippen molar-refractivity contribution in [3.63, 3.8) is 0 Å². The summed E-state index contributed by atoms with van der Waals surface area (Å²) in [4.78, 5) is 12.5. The van der Waals surface area contributed by atoms with Crippen molar-refractivity contribution in [2.24, 2.45) is 0 Å². The van der Waals surface area contributed by atoms with Crippen molar-refractivity contribution in [3.05, 3.63) is 88.7 Å². The number of carbonyl (C=O) groups excluding carboxylic acids is 1. The second kappa shape index (κ2) is 7.56. The van der Waals surface area contributed by atoms with Gasteiger partial charge < -0.3 is 5.32 Å². The zero-order valence-electron chi connectivity index (χ0n) is 14.7. The molecule has 2 N–H and O–H groups in total. The lowest BCUT2D eigenvalue weighted by Gasteiger charge is -2.25. The number of aromatic nitrogens is 2. The first kappa shape index (κ1) is 16.6. The highest BCUT2D eigenvalue weighted by Crippen LogP contribution is 2.30. The van der Waals surface area contributed by atoms with Crippen molar-refractivity contribution < 1.29 is 4.79 Å². The molecule has 0 saturated heterocycles. The molecule has 4 heteroatoms. The van der Waals surface area contributed by atoms with Crippen molar-refractivity contribution in [1.29, 1.82) is 0 Å². The van der Waals surface area contributed by atoms with Crippen LogP contribution in [0.5, 0.6) is 0 Å². The number of hydrogen-bond donors (Lipinski definition) is 2. The van der Waals surface area contributed by atoms with Gasteiger partial charge in [-0.1, -0.05) is 54.6 Å². The molecule has 4 nitrogen and oxygen atoms in total. The minimum atomic E-state index is -0.108. The van der Waals surface area contributed by atoms with E-state index >= 15 is 0 Å². The third kappa shape index (κ3) is 3.69. The summed E-state index contributed by atoms with van der Waals surface area (Å²) in [5.41, 5.74) is 5.40. The highest BCUT2D eigenvalue weighted by Gasteiger charge is 2.21. The van der Waals surface area contributed by atoms with Gasteiger partial charge in [0.2, 0.25) is 0 Å². The van der Waals surface area contributed by atoms with Crippen LogP contribution in [0.3, 0.4) is 0 Å². The van der Waals surface area contributed by atoms with E-state index in [2.05, 4.69) is 51.9 Å². The number of aromatic amines is 1. The van der Waals surface area contributed by atoms with Crippen molar-refractivity contribution in [1.82, 2.24) is 15.5 Å². The van der Waals surface area contributed by atoms with Crippen LogP contribution in [-0.2, 0) is 12.8 Å². The summed E-state index contributed by atoms with van der Waals surface area (Å²) in [5.74, 6) is 0.287. The molecule has 2 aromatic carbocycles. The van der Waals surface area contributed by atoms with Gasteiger partial charge in [0.25, 0.3) is 5.91 Å². The molecule has 1 heterocycles. The van der Waals surface area contributed by atoms with Crippen molar-refractivity contribution in [3.8, 4) is 0 Å². The highest BCUT2D eigenvalue weighted by molar-refractivity contribution is 5.92. The van der Waals surface area contributed by atoms with E-state index in [0.29, 0.717) is 18.2 Å². The average molecular weight is 345 g/mol. The van der Waals surface area contributed by atoms with Crippen LogP contribution in [0.2, 0.25) is 0 Å². The Balaban J connectivity index is 1.37. The third-order valence-corrected chi connectivity index (χ3v) is 5.10. The van der Waals surface area contributed by atoms with Gasteiger partial charge in [-0.2, -0.15) is 5.10 Å². The molecule has 132 valence electrons. The van der Waals surface area contributed by atoms with Crippen LogP contribution < -0.4 is 5.32 Å². The number of nitrogens with one attached hydrogen (secondary N) is 2. The Kier molecular flexibility index (Phi) is 4.82. The van der Waals surface area contributed by atoms with Gasteiger partial charge in [0.15, 0.2) is 0 Å². The minimum Gasteiger partial charge on any atom is -0.350 e. The predicted octanol–water partition coefficient (Wildman–Crippen LogP) is 3.85. The maximum Gasteiger partial charge on any atom is 0.271 e. The molecule has 4 rings (SSSR count). The topological polar surface area (TPSA) is 57.8 Å². The first-order chi connectivity index (χ1) is 12.8. The second-order valence-corrected chi connectivity index (χ2v) is 6.94. The molecule has 0 fully saturated rings. The van der Waals surface area contributed by atoms with Crippen LogP contribution in [0.15, 0.2) is 60.7 Å². The van der Waals surface area contributed by atoms with E-state index in [1.165, 1.54) is 23.1 Å². The van der Waals surface area contributed by atoms with Gasteiger partial charge in [-0.25, -0.2) is 0 Å². The number of hydrogen-bond acceptors (Lipinski definition) is 2. The van der Waals surface area contributed by atoms with E-state index in [9.17, 15) is 4.79 Å². The molecule has 0 bridgehead atoms. The monoisotopic (exact) mass is 345 g/mol. The van der Waals surface area contributed by atoms with Crippen molar-refractivity contribution >= 4 is 5.91 Å². The van der Waals surface area contributed by atoms with Crippen molar-refractivity contribution in [2.45, 2.75) is 31.6 Å². The van der Waals surface area contributed by atoms with Crippen LogP contribution in [0, 0.1) is 0 Å². The summed E-state index contributed by atoms with van der Waals surface area (Å²) in [6.07, 6.45) is 4.19. The molecule has 0 radical (unpaired) electrons. The highest BCUT2D eigenvalue weighted by atomic mass is 16.1. The molecular formula is C22H23N3O. The molecule has 1 aromatic heterocycles. The number of benzene rings is 2. The number of carbonyl (C=O) groups is 1. The van der Waals surface area contributed by atoms with Gasteiger partial charge in [-0.05, 0) is 42.0 Å². The second-order valence-electron chi connectivity index (χ2n) is 6.94. The largest absolute Gasteiger partial charge is 0.350 e. The first-order valence-electron chi connectivity index (χ1n) is 9.24. The molecule has 1 aliphatic carbocycles. The molecule has 1 unspecified atom stereocenters. The predicted molar refractivity (Wildman–Crippen MR) is 102 cm³/mol. The fourth-order valence-corrected chi connectivity index (χ4v) is 3.76. The fourth-order valence-electron chi connectivity index (χ4n) is 3.76. The molecule has 1 atom stereocenters. The van der Waals surface area contributed by atoms with Crippen LogP contribution in [0.25, 0.3) is 0 Å².